The molecule has 35 heavy (non-hydrogen) atoms. The Morgan fingerprint density at radius 1 is 1.14 bits per heavy atom. The molecule has 0 spiro atoms. The first-order valence-corrected chi connectivity index (χ1v) is 12.3. The third kappa shape index (κ3) is 4.86. The molecule has 0 saturated heterocycles. The number of ether oxygens (including phenoxy) is 1. The van der Waals surface area contributed by atoms with Crippen LogP contribution in [-0.2, 0) is 10.0 Å². The van der Waals surface area contributed by atoms with E-state index in [1.54, 1.807) is 44.3 Å². The summed E-state index contributed by atoms with van der Waals surface area (Å²) in [7, 11) is -2.70. The fourth-order valence-electron chi connectivity index (χ4n) is 3.35. The second kappa shape index (κ2) is 9.80. The predicted octanol–water partition coefficient (Wildman–Crippen LogP) is 2.40. The molecule has 0 aliphatic heterocycles. The summed E-state index contributed by atoms with van der Waals surface area (Å²) in [6.45, 7) is 3.28. The molecule has 0 bridgehead atoms. The van der Waals surface area contributed by atoms with E-state index in [0.717, 1.165) is 0 Å². The van der Waals surface area contributed by atoms with Crippen LogP contribution in [0.15, 0.2) is 54.0 Å². The number of sulfonamides is 1. The largest absolute Gasteiger partial charge is 0.479 e. The van der Waals surface area contributed by atoms with E-state index < -0.39 is 26.8 Å². The number of hydrogen-bond acceptors (Lipinski definition) is 9. The number of methoxy groups -OCH3 is 1. The summed E-state index contributed by atoms with van der Waals surface area (Å²) in [6.07, 6.45) is 5.70. The lowest BCUT2D eigenvalue weighted by atomic mass is 10.0. The Morgan fingerprint density at radius 3 is 2.60 bits per heavy atom. The van der Waals surface area contributed by atoms with Gasteiger partial charge >= 0.3 is 0 Å². The number of nitrogens with one attached hydrogen (secondary N) is 2. The molecule has 4 heterocycles. The molecule has 4 aromatic rings. The van der Waals surface area contributed by atoms with Gasteiger partial charge in [-0.15, -0.1) is 10.2 Å². The Hall–Kier alpha value is -3.84. The lowest BCUT2D eigenvalue weighted by Crippen LogP contribution is -2.31. The van der Waals surface area contributed by atoms with Crippen molar-refractivity contribution in [3.05, 3.63) is 70.3 Å². The highest BCUT2D eigenvalue weighted by Crippen LogP contribution is 2.29. The van der Waals surface area contributed by atoms with Gasteiger partial charge in [-0.05, 0) is 31.2 Å². The molecule has 14 heteroatoms. The second-order valence-corrected chi connectivity index (χ2v) is 10.0. The number of hydrogen-bond donors (Lipinski definition) is 2. The number of aromatic amines is 1. The number of nitrogens with zero attached hydrogens (tertiary/aromatic N) is 6. The van der Waals surface area contributed by atoms with E-state index in [9.17, 15) is 13.2 Å². The van der Waals surface area contributed by atoms with Gasteiger partial charge in [0.05, 0.1) is 23.7 Å². The van der Waals surface area contributed by atoms with Gasteiger partial charge in [-0.1, -0.05) is 18.5 Å². The molecule has 2 N–H and O–H groups in total. The monoisotopic (exact) mass is 516 g/mol. The molecule has 0 aliphatic carbocycles. The van der Waals surface area contributed by atoms with Crippen molar-refractivity contribution in [2.45, 2.75) is 25.0 Å². The van der Waals surface area contributed by atoms with Gasteiger partial charge in [0.25, 0.3) is 5.56 Å². The molecule has 0 aliphatic rings. The van der Waals surface area contributed by atoms with E-state index in [1.165, 1.54) is 30.4 Å². The molecule has 12 nitrogen and oxygen atoms in total. The Balaban J connectivity index is 1.80. The molecule has 2 unspecified atom stereocenters. The molecule has 2 atom stereocenters. The van der Waals surface area contributed by atoms with Gasteiger partial charge in [0.15, 0.2) is 11.5 Å². The van der Waals surface area contributed by atoms with Crippen molar-refractivity contribution in [1.29, 1.82) is 0 Å². The number of anilines is 1. The molecule has 0 amide bonds. The Bertz CT molecular complexity index is 1490. The highest BCUT2D eigenvalue weighted by molar-refractivity contribution is 7.93. The van der Waals surface area contributed by atoms with Gasteiger partial charge < -0.3 is 9.72 Å². The summed E-state index contributed by atoms with van der Waals surface area (Å²) in [5.41, 5.74) is 0.350. The van der Waals surface area contributed by atoms with E-state index >= 15 is 0 Å². The van der Waals surface area contributed by atoms with Crippen LogP contribution >= 0.6 is 11.6 Å². The Morgan fingerprint density at radius 2 is 1.94 bits per heavy atom. The van der Waals surface area contributed by atoms with Crippen molar-refractivity contribution in [2.75, 3.05) is 11.8 Å². The van der Waals surface area contributed by atoms with Gasteiger partial charge in [0.1, 0.15) is 0 Å². The molecular weight excluding hydrogens is 496 g/mol. The van der Waals surface area contributed by atoms with E-state index in [4.69, 9.17) is 16.3 Å². The zero-order valence-corrected chi connectivity index (χ0v) is 20.4. The van der Waals surface area contributed by atoms with Crippen LogP contribution < -0.4 is 15.0 Å². The maximum Gasteiger partial charge on any atom is 0.279 e. The number of rotatable bonds is 8. The quantitative estimate of drug-likeness (QED) is 0.358. The second-order valence-electron chi connectivity index (χ2n) is 7.56. The first kappa shape index (κ1) is 24.3. The lowest BCUT2D eigenvalue weighted by molar-refractivity contribution is 0.394. The van der Waals surface area contributed by atoms with Crippen LogP contribution in [0.3, 0.4) is 0 Å². The van der Waals surface area contributed by atoms with E-state index in [0.29, 0.717) is 16.3 Å². The number of aromatic nitrogens is 7. The molecule has 0 saturated carbocycles. The average molecular weight is 517 g/mol. The maximum atomic E-state index is 13.4. The summed E-state index contributed by atoms with van der Waals surface area (Å²) < 4.78 is 35.7. The maximum absolute atomic E-state index is 13.4. The highest BCUT2D eigenvalue weighted by Gasteiger charge is 2.32. The third-order valence-corrected chi connectivity index (χ3v) is 7.52. The Kier molecular flexibility index (Phi) is 6.80. The summed E-state index contributed by atoms with van der Waals surface area (Å²) in [5, 5.41) is 7.65. The van der Waals surface area contributed by atoms with Gasteiger partial charge in [0, 0.05) is 35.8 Å². The number of H-pyrrole nitrogens is 1. The fourth-order valence-corrected chi connectivity index (χ4v) is 4.71. The van der Waals surface area contributed by atoms with Gasteiger partial charge in [-0.25, -0.2) is 13.4 Å². The number of pyridine rings is 2. The van der Waals surface area contributed by atoms with E-state index in [2.05, 4.69) is 34.9 Å². The molecule has 0 aromatic carbocycles. The van der Waals surface area contributed by atoms with Gasteiger partial charge in [-0.2, -0.15) is 0 Å². The summed E-state index contributed by atoms with van der Waals surface area (Å²) in [6, 6.07) is 6.68. The summed E-state index contributed by atoms with van der Waals surface area (Å²) >= 11 is 5.90. The summed E-state index contributed by atoms with van der Waals surface area (Å²) in [5.74, 6) is -0.599. The molecule has 4 aromatic heterocycles. The predicted molar refractivity (Wildman–Crippen MR) is 129 cm³/mol. The van der Waals surface area contributed by atoms with Gasteiger partial charge in [0.2, 0.25) is 21.9 Å². The Labute approximate surface area is 205 Å². The molecule has 0 radical (unpaired) electrons. The standard InChI is InChI=1S/C21H21ClN8O4S/c1-12(16-7-6-15(22)10-24-16)13(2)35(32,33)29-21-28-27-18(14-5-4-8-23-9-14)30(21)17-19(31)25-11-26-20(17)34-3/h4-13H,1-3H3,(H,28,29)(H,25,26,31). The zero-order chi connectivity index (χ0) is 25.2. The normalized spacial score (nSPS) is 13.3. The minimum Gasteiger partial charge on any atom is -0.479 e. The number of halogens is 1. The van der Waals surface area contributed by atoms with Crippen molar-refractivity contribution < 1.29 is 13.2 Å². The SMILES string of the molecule is COc1nc[nH]c(=O)c1-n1c(NS(=O)(=O)C(C)C(C)c2ccc(Cl)cn2)nnc1-c1cccnc1. The first-order valence-electron chi connectivity index (χ1n) is 10.3. The van der Waals surface area contributed by atoms with E-state index in [1.807, 2.05) is 0 Å². The third-order valence-electron chi connectivity index (χ3n) is 5.44. The fraction of sp³-hybridized carbons (Fsp3) is 0.238. The molecule has 4 rings (SSSR count). The molecule has 0 fully saturated rings. The minimum absolute atomic E-state index is 0.0501. The van der Waals surface area contributed by atoms with Crippen LogP contribution in [0.1, 0.15) is 25.5 Å². The molecule has 182 valence electrons. The van der Waals surface area contributed by atoms with Crippen molar-refractivity contribution in [3.8, 4) is 23.0 Å². The van der Waals surface area contributed by atoms with E-state index in [-0.39, 0.29) is 23.3 Å². The van der Waals surface area contributed by atoms with Crippen molar-refractivity contribution in [3.63, 3.8) is 0 Å². The van der Waals surface area contributed by atoms with Crippen LogP contribution in [0.2, 0.25) is 5.02 Å². The average Bonchev–Trinajstić information content (AvgIpc) is 3.26. The van der Waals surface area contributed by atoms with Crippen LogP contribution in [0.4, 0.5) is 5.95 Å². The van der Waals surface area contributed by atoms with Crippen LogP contribution in [0.5, 0.6) is 5.88 Å². The summed E-state index contributed by atoms with van der Waals surface area (Å²) in [4.78, 5) is 27.6. The van der Waals surface area contributed by atoms with Gasteiger partial charge in [-0.3, -0.25) is 24.1 Å². The lowest BCUT2D eigenvalue weighted by Gasteiger charge is -2.21. The van der Waals surface area contributed by atoms with Crippen LogP contribution in [0, 0.1) is 0 Å². The topological polar surface area (TPSA) is 158 Å². The van der Waals surface area contributed by atoms with Crippen molar-refractivity contribution >= 4 is 27.6 Å². The van der Waals surface area contributed by atoms with Crippen molar-refractivity contribution in [1.82, 2.24) is 34.7 Å². The minimum atomic E-state index is -4.04. The van der Waals surface area contributed by atoms with Crippen LogP contribution in [0.25, 0.3) is 17.1 Å². The van der Waals surface area contributed by atoms with Crippen molar-refractivity contribution in [2.24, 2.45) is 0 Å². The smallest absolute Gasteiger partial charge is 0.279 e. The highest BCUT2D eigenvalue weighted by atomic mass is 35.5. The zero-order valence-electron chi connectivity index (χ0n) is 18.9. The first-order chi connectivity index (χ1) is 16.7. The van der Waals surface area contributed by atoms with Crippen LogP contribution in [-0.4, -0.2) is 55.5 Å². The molecular formula is C21H21ClN8O4S.